The van der Waals surface area contributed by atoms with Gasteiger partial charge in [-0.1, -0.05) is 36.7 Å². The van der Waals surface area contributed by atoms with Crippen LogP contribution >= 0.6 is 11.6 Å². The number of carbonyl (C=O) groups excluding carboxylic acids is 1. The first-order valence-electron chi connectivity index (χ1n) is 14.9. The van der Waals surface area contributed by atoms with Crippen LogP contribution < -0.4 is 14.4 Å². The molecule has 0 saturated heterocycles. The Morgan fingerprint density at radius 1 is 1.24 bits per heavy atom. The number of aryl methyl sites for hydroxylation is 1. The van der Waals surface area contributed by atoms with Crippen molar-refractivity contribution in [3.05, 3.63) is 83.4 Å². The number of nitrogens with zero attached hydrogens (tertiary/aromatic N) is 1. The predicted molar refractivity (Wildman–Crippen MR) is 168 cm³/mol. The van der Waals surface area contributed by atoms with E-state index in [0.29, 0.717) is 43.8 Å². The molecule has 1 heterocycles. The van der Waals surface area contributed by atoms with Crippen molar-refractivity contribution in [2.45, 2.75) is 56.1 Å². The minimum atomic E-state index is -3.90. The second-order valence-electron chi connectivity index (χ2n) is 11.9. The number of hydrogen-bond donors (Lipinski definition) is 1. The molecule has 2 aliphatic carbocycles. The standard InChI is InChI=1S/C33H41ClN2O5S/c1-4-16-40-20-26-10-9-25(26)19-36-21-33(15-7-8-23-17-27(34)12-13-29(23)33)22-41-31-14-11-24(18-30(31)36)32(37)35-42(38,39)28(5-2)6-3/h4-5,11-14,17-18,25-26,28H,1-2,6-10,15-16,19-22H2,3H3,(H,35,37)/t25-,26-,28?,33-/m0/s1. The van der Waals surface area contributed by atoms with E-state index in [2.05, 4.69) is 34.9 Å². The molecule has 1 fully saturated rings. The lowest BCUT2D eigenvalue weighted by molar-refractivity contribution is 0.0466. The lowest BCUT2D eigenvalue weighted by Crippen LogP contribution is -2.48. The van der Waals surface area contributed by atoms with Crippen LogP contribution in [0.5, 0.6) is 5.75 Å². The van der Waals surface area contributed by atoms with Crippen LogP contribution in [0.2, 0.25) is 5.02 Å². The zero-order valence-electron chi connectivity index (χ0n) is 24.3. The van der Waals surface area contributed by atoms with Crippen LogP contribution in [0.1, 0.15) is 60.5 Å². The third kappa shape index (κ3) is 6.26. The van der Waals surface area contributed by atoms with E-state index in [1.54, 1.807) is 31.2 Å². The molecule has 1 amide bonds. The monoisotopic (exact) mass is 612 g/mol. The SMILES string of the molecule is C=CCOC[C@@H]1CC[C@H]1CN1C[C@@]2(CCCc3cc(Cl)ccc32)COc2ccc(C(=O)NS(=O)(=O)C(C=C)CC)cc21. The smallest absolute Gasteiger partial charge is 0.264 e. The summed E-state index contributed by atoms with van der Waals surface area (Å²) in [5.74, 6) is 0.923. The fourth-order valence-corrected chi connectivity index (χ4v) is 8.13. The number of halogens is 1. The van der Waals surface area contributed by atoms with E-state index in [1.165, 1.54) is 17.2 Å². The molecular weight excluding hydrogens is 572 g/mol. The zero-order chi connectivity index (χ0) is 29.9. The highest BCUT2D eigenvalue weighted by atomic mass is 35.5. The van der Waals surface area contributed by atoms with Gasteiger partial charge in [0.15, 0.2) is 0 Å². The molecule has 1 spiro atoms. The van der Waals surface area contributed by atoms with Crippen LogP contribution in [0.25, 0.3) is 0 Å². The van der Waals surface area contributed by atoms with Crippen molar-refractivity contribution < 1.29 is 22.7 Å². The molecule has 7 nitrogen and oxygen atoms in total. The van der Waals surface area contributed by atoms with Gasteiger partial charge < -0.3 is 14.4 Å². The van der Waals surface area contributed by atoms with Crippen molar-refractivity contribution in [1.82, 2.24) is 4.72 Å². The van der Waals surface area contributed by atoms with E-state index in [9.17, 15) is 13.2 Å². The van der Waals surface area contributed by atoms with Crippen molar-refractivity contribution in [2.24, 2.45) is 11.8 Å². The van der Waals surface area contributed by atoms with Gasteiger partial charge in [-0.2, -0.15) is 0 Å². The van der Waals surface area contributed by atoms with E-state index < -0.39 is 21.2 Å². The number of fused-ring (bicyclic) bond motifs is 3. The van der Waals surface area contributed by atoms with Crippen LogP contribution in [0, 0.1) is 11.8 Å². The molecular formula is C33H41ClN2O5S. The van der Waals surface area contributed by atoms with Gasteiger partial charge in [-0.25, -0.2) is 13.1 Å². The largest absolute Gasteiger partial charge is 0.490 e. The van der Waals surface area contributed by atoms with E-state index in [0.717, 1.165) is 55.9 Å². The van der Waals surface area contributed by atoms with Gasteiger partial charge in [-0.15, -0.1) is 13.2 Å². The molecule has 0 radical (unpaired) electrons. The minimum Gasteiger partial charge on any atom is -0.490 e. The van der Waals surface area contributed by atoms with Crippen LogP contribution in [-0.2, 0) is 26.6 Å². The predicted octanol–water partition coefficient (Wildman–Crippen LogP) is 6.07. The summed E-state index contributed by atoms with van der Waals surface area (Å²) in [6.07, 6.45) is 8.68. The number of rotatable bonds is 11. The highest BCUT2D eigenvalue weighted by molar-refractivity contribution is 7.90. The Bertz CT molecular complexity index is 1440. The topological polar surface area (TPSA) is 84.9 Å². The molecule has 2 aromatic rings. The van der Waals surface area contributed by atoms with Crippen LogP contribution in [0.4, 0.5) is 5.69 Å². The Hall–Kier alpha value is -2.81. The summed E-state index contributed by atoms with van der Waals surface area (Å²) >= 11 is 6.39. The first-order valence-corrected chi connectivity index (χ1v) is 16.8. The number of benzene rings is 2. The van der Waals surface area contributed by atoms with E-state index >= 15 is 0 Å². The average molecular weight is 613 g/mol. The molecule has 9 heteroatoms. The van der Waals surface area contributed by atoms with Crippen molar-refractivity contribution in [3.63, 3.8) is 0 Å². The van der Waals surface area contributed by atoms with Gasteiger partial charge >= 0.3 is 0 Å². The minimum absolute atomic E-state index is 0.236. The summed E-state index contributed by atoms with van der Waals surface area (Å²) in [4.78, 5) is 15.6. The Morgan fingerprint density at radius 3 is 2.76 bits per heavy atom. The lowest BCUT2D eigenvalue weighted by atomic mass is 9.69. The molecule has 1 aliphatic heterocycles. The molecule has 1 saturated carbocycles. The average Bonchev–Trinajstić information content (AvgIpc) is 3.10. The summed E-state index contributed by atoms with van der Waals surface area (Å²) in [6, 6.07) is 11.4. The fourth-order valence-electron chi connectivity index (χ4n) is 6.72. The maximum Gasteiger partial charge on any atom is 0.264 e. The maximum atomic E-state index is 13.2. The molecule has 42 heavy (non-hydrogen) atoms. The summed E-state index contributed by atoms with van der Waals surface area (Å²) in [7, 11) is -3.90. The maximum absolute atomic E-state index is 13.2. The van der Waals surface area contributed by atoms with E-state index in [1.807, 2.05) is 6.07 Å². The highest BCUT2D eigenvalue weighted by Crippen LogP contribution is 2.46. The van der Waals surface area contributed by atoms with Gasteiger partial charge in [-0.3, -0.25) is 4.79 Å². The number of ether oxygens (including phenoxy) is 2. The van der Waals surface area contributed by atoms with Crippen LogP contribution in [0.15, 0.2) is 61.7 Å². The number of hydrogen-bond acceptors (Lipinski definition) is 6. The number of carbonyl (C=O) groups is 1. The van der Waals surface area contributed by atoms with Crippen molar-refractivity contribution in [3.8, 4) is 5.75 Å². The molecule has 226 valence electrons. The molecule has 0 aromatic heterocycles. The number of sulfonamides is 1. The number of anilines is 1. The Balaban J connectivity index is 1.48. The molecule has 3 aliphatic rings. The summed E-state index contributed by atoms with van der Waals surface area (Å²) in [5, 5.41) is -0.106. The number of amides is 1. The van der Waals surface area contributed by atoms with Crippen molar-refractivity contribution in [2.75, 3.05) is 37.8 Å². The molecule has 1 N–H and O–H groups in total. The van der Waals surface area contributed by atoms with E-state index in [4.69, 9.17) is 21.1 Å². The van der Waals surface area contributed by atoms with E-state index in [-0.39, 0.29) is 11.0 Å². The van der Waals surface area contributed by atoms with Gasteiger partial charge in [0.2, 0.25) is 10.0 Å². The third-order valence-corrected chi connectivity index (χ3v) is 11.2. The van der Waals surface area contributed by atoms with Crippen LogP contribution in [-0.4, -0.2) is 52.5 Å². The summed E-state index contributed by atoms with van der Waals surface area (Å²) < 4.78 is 40.2. The van der Waals surface area contributed by atoms with Crippen molar-refractivity contribution >= 4 is 33.2 Å². The Labute approximate surface area is 255 Å². The van der Waals surface area contributed by atoms with Gasteiger partial charge in [0, 0.05) is 29.1 Å². The molecule has 0 bridgehead atoms. The summed E-state index contributed by atoms with van der Waals surface area (Å²) in [6.45, 7) is 12.4. The first-order chi connectivity index (χ1) is 20.2. The highest BCUT2D eigenvalue weighted by Gasteiger charge is 2.43. The molecule has 5 rings (SSSR count). The third-order valence-electron chi connectivity index (χ3n) is 9.20. The number of nitrogens with one attached hydrogen (secondary N) is 1. The molecule has 2 aromatic carbocycles. The molecule has 1 unspecified atom stereocenters. The van der Waals surface area contributed by atoms with Gasteiger partial charge in [0.25, 0.3) is 5.91 Å². The molecule has 4 atom stereocenters. The Morgan fingerprint density at radius 2 is 2.05 bits per heavy atom. The van der Waals surface area contributed by atoms with Gasteiger partial charge in [0.1, 0.15) is 5.75 Å². The normalized spacial score (nSPS) is 23.9. The quantitative estimate of drug-likeness (QED) is 0.245. The second-order valence-corrected chi connectivity index (χ2v) is 14.2. The lowest BCUT2D eigenvalue weighted by Gasteiger charge is -2.44. The summed E-state index contributed by atoms with van der Waals surface area (Å²) in [5.41, 5.74) is 3.39. The fraction of sp³-hybridized carbons (Fsp3) is 0.485. The zero-order valence-corrected chi connectivity index (χ0v) is 25.9. The van der Waals surface area contributed by atoms with Gasteiger partial charge in [-0.05, 0) is 91.8 Å². The Kier molecular flexibility index (Phi) is 9.35. The first kappa shape index (κ1) is 30.6. The second kappa shape index (κ2) is 12.8. The van der Waals surface area contributed by atoms with Gasteiger partial charge in [0.05, 0.1) is 30.8 Å². The van der Waals surface area contributed by atoms with Crippen molar-refractivity contribution in [1.29, 1.82) is 0 Å². The van der Waals surface area contributed by atoms with Crippen LogP contribution in [0.3, 0.4) is 0 Å².